The fourth-order valence-electron chi connectivity index (χ4n) is 6.04. The van der Waals surface area contributed by atoms with E-state index in [0.717, 1.165) is 50.6 Å². The molecule has 18 nitrogen and oxygen atoms in total. The fourth-order valence-corrected chi connectivity index (χ4v) is 6.04. The van der Waals surface area contributed by atoms with Crippen molar-refractivity contribution in [2.75, 3.05) is 26.2 Å². The molecule has 3 rings (SSSR count). The summed E-state index contributed by atoms with van der Waals surface area (Å²) >= 11 is 0. The average Bonchev–Trinajstić information content (AvgIpc) is 3.63. The number of ether oxygens (including phenoxy) is 4. The maximum atomic E-state index is 12.1. The second-order valence-electron chi connectivity index (χ2n) is 18.9. The number of aliphatic imine (C=N–C) groups is 2. The van der Waals surface area contributed by atoms with Crippen molar-refractivity contribution < 1.29 is 38.1 Å². The normalized spacial score (nSPS) is 19.9. The summed E-state index contributed by atoms with van der Waals surface area (Å²) < 4.78 is 21.9. The molecule has 2 saturated carbocycles. The van der Waals surface area contributed by atoms with Gasteiger partial charge in [-0.2, -0.15) is 5.10 Å². The minimum atomic E-state index is -0.839. The molecule has 18 heteroatoms. The summed E-state index contributed by atoms with van der Waals surface area (Å²) in [6, 6.07) is 1.63. The Morgan fingerprint density at radius 2 is 1.02 bits per heavy atom. The number of nitrogens with two attached hydrogens (primary N) is 3. The predicted octanol–water partition coefficient (Wildman–Crippen LogP) is 6.41. The van der Waals surface area contributed by atoms with Gasteiger partial charge >= 0.3 is 24.4 Å². The molecule has 338 valence electrons. The molecule has 59 heavy (non-hydrogen) atoms. The van der Waals surface area contributed by atoms with Crippen LogP contribution in [0.1, 0.15) is 134 Å². The maximum absolute atomic E-state index is 12.1. The van der Waals surface area contributed by atoms with Crippen LogP contribution in [-0.4, -0.2) is 94.7 Å². The molecule has 2 aliphatic carbocycles. The lowest BCUT2D eigenvalue weighted by atomic mass is 9.81. The second kappa shape index (κ2) is 24.7. The van der Waals surface area contributed by atoms with Crippen molar-refractivity contribution >= 4 is 36.3 Å². The van der Waals surface area contributed by atoms with Gasteiger partial charge in [0.1, 0.15) is 22.4 Å². The Hall–Kier alpha value is -4.29. The largest absolute Gasteiger partial charge is 0.444 e. The van der Waals surface area contributed by atoms with Gasteiger partial charge in [-0.25, -0.2) is 23.9 Å². The Balaban J connectivity index is 0.000000485. The third kappa shape index (κ3) is 26.4. The molecule has 0 aliphatic heterocycles. The molecule has 1 aromatic rings. The molecule has 0 saturated heterocycles. The van der Waals surface area contributed by atoms with Gasteiger partial charge in [-0.05, 0) is 171 Å². The molecule has 4 atom stereocenters. The molecule has 4 amide bonds. The lowest BCUT2D eigenvalue weighted by Crippen LogP contribution is -2.47. The van der Waals surface area contributed by atoms with Crippen LogP contribution in [0.5, 0.6) is 0 Å². The van der Waals surface area contributed by atoms with Crippen LogP contribution in [0, 0.1) is 23.7 Å². The number of aromatic nitrogens is 2. The summed E-state index contributed by atoms with van der Waals surface area (Å²) in [5.74, 6) is 2.36. The van der Waals surface area contributed by atoms with Gasteiger partial charge in [0.05, 0.1) is 0 Å². The Bertz CT molecular complexity index is 1450. The van der Waals surface area contributed by atoms with Crippen molar-refractivity contribution in [3.05, 3.63) is 18.5 Å². The molecular weight excluding hydrogens is 761 g/mol. The minimum absolute atomic E-state index is 0.0355. The number of amides is 4. The Morgan fingerprint density at radius 1 is 0.627 bits per heavy atom. The number of guanidine groups is 1. The maximum Gasteiger partial charge on any atom is 0.437 e. The van der Waals surface area contributed by atoms with Crippen molar-refractivity contribution in [3.63, 3.8) is 0 Å². The van der Waals surface area contributed by atoms with Gasteiger partial charge in [0.25, 0.3) is 0 Å². The van der Waals surface area contributed by atoms with Gasteiger partial charge in [0, 0.05) is 18.9 Å². The quantitative estimate of drug-likeness (QED) is 0.107. The zero-order valence-corrected chi connectivity index (χ0v) is 37.8. The van der Waals surface area contributed by atoms with Crippen molar-refractivity contribution in [2.45, 2.75) is 157 Å². The molecule has 2 fully saturated rings. The summed E-state index contributed by atoms with van der Waals surface area (Å²) in [5, 5.41) is 11.3. The summed E-state index contributed by atoms with van der Waals surface area (Å²) in [6.45, 7) is 23.8. The number of carbonyl (C=O) groups excluding carboxylic acids is 4. The van der Waals surface area contributed by atoms with Crippen LogP contribution in [0.15, 0.2) is 28.4 Å². The van der Waals surface area contributed by atoms with Gasteiger partial charge in [0.2, 0.25) is 11.9 Å². The van der Waals surface area contributed by atoms with E-state index in [1.165, 1.54) is 42.8 Å². The predicted molar refractivity (Wildman–Crippen MR) is 230 cm³/mol. The lowest BCUT2D eigenvalue weighted by Gasteiger charge is -2.27. The van der Waals surface area contributed by atoms with E-state index in [0.29, 0.717) is 24.9 Å². The SMILES string of the molecule is CC(C)(C)OC(=O)N=C(NC(=O)OC(C)(C)C)n1cccn1.CC(C)(C)OC(=O)NC(=NCC1CCCC(CN)C1)NC(=O)OC(C)(C)C.NCC1CCCC(CN)C1. The van der Waals surface area contributed by atoms with Crippen LogP contribution in [0.2, 0.25) is 0 Å². The van der Waals surface area contributed by atoms with Gasteiger partial charge in [0.15, 0.2) is 0 Å². The summed E-state index contributed by atoms with van der Waals surface area (Å²) in [7, 11) is 0. The highest BCUT2D eigenvalue weighted by Crippen LogP contribution is 2.29. The molecule has 9 N–H and O–H groups in total. The second-order valence-corrected chi connectivity index (χ2v) is 18.9. The number of hydrogen-bond donors (Lipinski definition) is 6. The minimum Gasteiger partial charge on any atom is -0.444 e. The summed E-state index contributed by atoms with van der Waals surface area (Å²) in [4.78, 5) is 55.9. The van der Waals surface area contributed by atoms with E-state index in [-0.39, 0.29) is 11.9 Å². The molecular formula is C41H76N10O8. The number of nitrogens with one attached hydrogen (secondary N) is 3. The van der Waals surface area contributed by atoms with Crippen molar-refractivity contribution in [2.24, 2.45) is 50.9 Å². The first-order valence-electron chi connectivity index (χ1n) is 20.7. The zero-order chi connectivity index (χ0) is 45.0. The highest BCUT2D eigenvalue weighted by molar-refractivity contribution is 6.01. The van der Waals surface area contributed by atoms with E-state index in [4.69, 9.17) is 36.1 Å². The van der Waals surface area contributed by atoms with Crippen LogP contribution in [0.3, 0.4) is 0 Å². The molecule has 0 bridgehead atoms. The van der Waals surface area contributed by atoms with Gasteiger partial charge in [-0.3, -0.25) is 20.9 Å². The Morgan fingerprint density at radius 3 is 1.39 bits per heavy atom. The van der Waals surface area contributed by atoms with E-state index >= 15 is 0 Å². The number of alkyl carbamates (subject to hydrolysis) is 3. The van der Waals surface area contributed by atoms with Crippen LogP contribution in [0.25, 0.3) is 0 Å². The molecule has 1 aromatic heterocycles. The fraction of sp³-hybridized carbons (Fsp3) is 0.780. The highest BCUT2D eigenvalue weighted by atomic mass is 16.6. The third-order valence-electron chi connectivity index (χ3n) is 8.45. The average molecular weight is 837 g/mol. The van der Waals surface area contributed by atoms with Crippen LogP contribution < -0.4 is 33.2 Å². The number of hydrogen-bond acceptors (Lipinski definition) is 13. The first kappa shape index (κ1) is 52.7. The monoisotopic (exact) mass is 837 g/mol. The topological polar surface area (TPSA) is 262 Å². The van der Waals surface area contributed by atoms with Crippen LogP contribution >= 0.6 is 0 Å². The molecule has 0 spiro atoms. The molecule has 0 radical (unpaired) electrons. The Kier molecular flexibility index (Phi) is 22.1. The molecule has 0 aromatic carbocycles. The number of carbonyl (C=O) groups is 4. The molecule has 2 aliphatic rings. The van der Waals surface area contributed by atoms with E-state index in [1.807, 2.05) is 0 Å². The van der Waals surface area contributed by atoms with Gasteiger partial charge in [-0.1, -0.05) is 12.8 Å². The van der Waals surface area contributed by atoms with E-state index in [9.17, 15) is 19.2 Å². The van der Waals surface area contributed by atoms with Crippen molar-refractivity contribution in [1.82, 2.24) is 25.7 Å². The number of rotatable bonds is 5. The van der Waals surface area contributed by atoms with Crippen LogP contribution in [0.4, 0.5) is 19.2 Å². The van der Waals surface area contributed by atoms with E-state index in [2.05, 4.69) is 31.0 Å². The van der Waals surface area contributed by atoms with E-state index < -0.39 is 46.8 Å². The summed E-state index contributed by atoms with van der Waals surface area (Å²) in [6.07, 6.45) is 9.67. The highest BCUT2D eigenvalue weighted by Gasteiger charge is 2.25. The standard InChI is InChI=1S/C19H36N4O4.C14H22N4O4.C8H18N2/c1-18(2,3)26-16(24)22-15(23-17(25)27-19(4,5)6)21-12-14-9-7-8-13(10-14)11-20;1-13(2,3)21-11(19)16-10(18-9-7-8-15-18)17-12(20)22-14(4,5)6;9-5-7-2-1-3-8(4-7)6-10/h13-14H,7-12,20H2,1-6H3,(H2,21,22,23,24,25);7-9H,1-6H3,(H,16,17,19,20);7-8H,1-6,9-10H2. The van der Waals surface area contributed by atoms with Crippen LogP contribution in [-0.2, 0) is 18.9 Å². The zero-order valence-electron chi connectivity index (χ0n) is 37.8. The third-order valence-corrected chi connectivity index (χ3v) is 8.45. The molecule has 4 unspecified atom stereocenters. The van der Waals surface area contributed by atoms with Gasteiger partial charge < -0.3 is 36.1 Å². The lowest BCUT2D eigenvalue weighted by molar-refractivity contribution is 0.0530. The van der Waals surface area contributed by atoms with Gasteiger partial charge in [-0.15, -0.1) is 4.99 Å². The smallest absolute Gasteiger partial charge is 0.437 e. The molecule has 1 heterocycles. The first-order valence-corrected chi connectivity index (χ1v) is 20.7. The number of nitrogens with zero attached hydrogens (tertiary/aromatic N) is 4. The van der Waals surface area contributed by atoms with Crippen molar-refractivity contribution in [1.29, 1.82) is 0 Å². The van der Waals surface area contributed by atoms with Crippen molar-refractivity contribution in [3.8, 4) is 0 Å². The Labute approximate surface area is 351 Å². The summed E-state index contributed by atoms with van der Waals surface area (Å²) in [5.41, 5.74) is 14.3. The van der Waals surface area contributed by atoms with E-state index in [1.54, 1.807) is 89.2 Å². The first-order chi connectivity index (χ1) is 27.2.